The fourth-order valence-electron chi connectivity index (χ4n) is 3.04. The highest BCUT2D eigenvalue weighted by molar-refractivity contribution is 6.08. The van der Waals surface area contributed by atoms with Crippen molar-refractivity contribution in [3.05, 3.63) is 77.6 Å². The molecule has 6 nitrogen and oxygen atoms in total. The fraction of sp³-hybridized carbons (Fsp3) is 0.0952. The number of amides is 1. The quantitative estimate of drug-likeness (QED) is 0.449. The number of hydrogen-bond acceptors (Lipinski definition) is 4. The van der Waals surface area contributed by atoms with Gasteiger partial charge >= 0.3 is 6.18 Å². The highest BCUT2D eigenvalue weighted by Gasteiger charge is 2.36. The number of nitrogens with one attached hydrogen (secondary N) is 1. The molecular formula is C21H13F5N4O2. The number of hydrogen-bond donors (Lipinski definition) is 1. The Morgan fingerprint density at radius 2 is 1.88 bits per heavy atom. The van der Waals surface area contributed by atoms with E-state index < -0.39 is 35.1 Å². The number of benzene rings is 2. The maximum absolute atomic E-state index is 13.9. The Balaban J connectivity index is 1.84. The number of alkyl halides is 3. The van der Waals surface area contributed by atoms with Crippen molar-refractivity contribution in [2.24, 2.45) is 0 Å². The third-order valence-corrected chi connectivity index (χ3v) is 4.55. The standard InChI is InChI=1S/C21H13F5N4O2/c1-32-13-4-2-3-11(7-13)17-9-18(21(24,25)26)30-19(28-17)14(10-27-30)20(31)29-16-6-5-12(22)8-15(16)23/h2-10H,1H3,(H,29,31). The smallest absolute Gasteiger partial charge is 0.433 e. The minimum absolute atomic E-state index is 0.0776. The normalized spacial score (nSPS) is 11.6. The molecule has 1 N–H and O–H groups in total. The summed E-state index contributed by atoms with van der Waals surface area (Å²) in [6.07, 6.45) is -3.92. The van der Waals surface area contributed by atoms with E-state index in [1.807, 2.05) is 0 Å². The SMILES string of the molecule is COc1cccc(-c2cc(C(F)(F)F)n3ncc(C(=O)Nc4ccc(F)cc4F)c3n2)c1. The third-order valence-electron chi connectivity index (χ3n) is 4.55. The van der Waals surface area contributed by atoms with Gasteiger partial charge in [-0.1, -0.05) is 12.1 Å². The van der Waals surface area contributed by atoms with E-state index in [4.69, 9.17) is 4.74 Å². The molecule has 0 unspecified atom stereocenters. The van der Waals surface area contributed by atoms with E-state index in [0.717, 1.165) is 24.4 Å². The van der Waals surface area contributed by atoms with Gasteiger partial charge in [0.1, 0.15) is 22.9 Å². The predicted molar refractivity (Wildman–Crippen MR) is 104 cm³/mol. The van der Waals surface area contributed by atoms with Crippen molar-refractivity contribution < 1.29 is 31.5 Å². The highest BCUT2D eigenvalue weighted by atomic mass is 19.4. The van der Waals surface area contributed by atoms with Crippen molar-refractivity contribution in [2.75, 3.05) is 12.4 Å². The molecule has 1 amide bonds. The molecule has 0 aliphatic heterocycles. The van der Waals surface area contributed by atoms with Crippen LogP contribution in [0.25, 0.3) is 16.9 Å². The molecule has 0 radical (unpaired) electrons. The van der Waals surface area contributed by atoms with Crippen molar-refractivity contribution in [3.63, 3.8) is 0 Å². The first-order chi connectivity index (χ1) is 15.2. The summed E-state index contributed by atoms with van der Waals surface area (Å²) in [7, 11) is 1.41. The lowest BCUT2D eigenvalue weighted by Crippen LogP contribution is -2.16. The van der Waals surface area contributed by atoms with Crippen molar-refractivity contribution in [1.29, 1.82) is 0 Å². The van der Waals surface area contributed by atoms with Crippen LogP contribution < -0.4 is 10.1 Å². The summed E-state index contributed by atoms with van der Waals surface area (Å²) in [5.41, 5.74) is -1.99. The molecule has 32 heavy (non-hydrogen) atoms. The molecule has 0 aliphatic rings. The van der Waals surface area contributed by atoms with Gasteiger partial charge in [-0.05, 0) is 30.3 Å². The number of rotatable bonds is 4. The number of fused-ring (bicyclic) bond motifs is 1. The van der Waals surface area contributed by atoms with Crippen LogP contribution in [0.5, 0.6) is 5.75 Å². The third kappa shape index (κ3) is 3.96. The van der Waals surface area contributed by atoms with E-state index >= 15 is 0 Å². The minimum Gasteiger partial charge on any atom is -0.497 e. The molecule has 0 saturated heterocycles. The summed E-state index contributed by atoms with van der Waals surface area (Å²) in [6.45, 7) is 0. The van der Waals surface area contributed by atoms with Gasteiger partial charge in [-0.15, -0.1) is 0 Å². The van der Waals surface area contributed by atoms with Crippen LogP contribution in [0.2, 0.25) is 0 Å². The number of halogens is 5. The van der Waals surface area contributed by atoms with Gasteiger partial charge in [0, 0.05) is 11.6 Å². The first-order valence-electron chi connectivity index (χ1n) is 9.04. The van der Waals surface area contributed by atoms with Crippen LogP contribution in [0.15, 0.2) is 54.7 Å². The molecule has 4 aromatic rings. The number of methoxy groups -OCH3 is 1. The van der Waals surface area contributed by atoms with E-state index in [2.05, 4.69) is 15.4 Å². The zero-order chi connectivity index (χ0) is 23.0. The summed E-state index contributed by atoms with van der Waals surface area (Å²) in [5, 5.41) is 5.84. The van der Waals surface area contributed by atoms with Crippen LogP contribution in [0.1, 0.15) is 16.1 Å². The van der Waals surface area contributed by atoms with Gasteiger partial charge < -0.3 is 10.1 Å². The number of carbonyl (C=O) groups is 1. The maximum atomic E-state index is 13.9. The van der Waals surface area contributed by atoms with Crippen LogP contribution in [-0.2, 0) is 6.18 Å². The number of aromatic nitrogens is 3. The van der Waals surface area contributed by atoms with Crippen molar-refractivity contribution in [3.8, 4) is 17.0 Å². The molecule has 0 saturated carbocycles. The first-order valence-corrected chi connectivity index (χ1v) is 9.04. The molecule has 2 heterocycles. The molecule has 4 rings (SSSR count). The van der Waals surface area contributed by atoms with Gasteiger partial charge in [-0.25, -0.2) is 18.3 Å². The van der Waals surface area contributed by atoms with Gasteiger partial charge in [0.15, 0.2) is 11.3 Å². The molecule has 0 spiro atoms. The van der Waals surface area contributed by atoms with Crippen LogP contribution in [0.3, 0.4) is 0 Å². The summed E-state index contributed by atoms with van der Waals surface area (Å²) in [5.74, 6) is -2.46. The molecule has 164 valence electrons. The molecule has 2 aromatic heterocycles. The van der Waals surface area contributed by atoms with Crippen LogP contribution in [-0.4, -0.2) is 27.6 Å². The van der Waals surface area contributed by atoms with Crippen LogP contribution in [0, 0.1) is 11.6 Å². The molecule has 0 aliphatic carbocycles. The van der Waals surface area contributed by atoms with Crippen molar-refractivity contribution in [1.82, 2.24) is 14.6 Å². The summed E-state index contributed by atoms with van der Waals surface area (Å²) < 4.78 is 73.7. The number of ether oxygens (including phenoxy) is 1. The lowest BCUT2D eigenvalue weighted by atomic mass is 10.1. The van der Waals surface area contributed by atoms with Crippen LogP contribution >= 0.6 is 0 Å². The van der Waals surface area contributed by atoms with Gasteiger partial charge in [0.2, 0.25) is 0 Å². The lowest BCUT2D eigenvalue weighted by Gasteiger charge is -2.12. The van der Waals surface area contributed by atoms with E-state index in [0.29, 0.717) is 21.9 Å². The second-order valence-corrected chi connectivity index (χ2v) is 6.63. The van der Waals surface area contributed by atoms with E-state index in [1.54, 1.807) is 12.1 Å². The zero-order valence-corrected chi connectivity index (χ0v) is 16.2. The van der Waals surface area contributed by atoms with Crippen molar-refractivity contribution in [2.45, 2.75) is 6.18 Å². The van der Waals surface area contributed by atoms with Gasteiger partial charge in [0.05, 0.1) is 24.7 Å². The summed E-state index contributed by atoms with van der Waals surface area (Å²) in [4.78, 5) is 16.9. The predicted octanol–water partition coefficient (Wildman–Crippen LogP) is 4.95. The Morgan fingerprint density at radius 1 is 1.09 bits per heavy atom. The fourth-order valence-corrected chi connectivity index (χ4v) is 3.04. The number of carbonyl (C=O) groups excluding carboxylic acids is 1. The van der Waals surface area contributed by atoms with Crippen LogP contribution in [0.4, 0.5) is 27.6 Å². The minimum atomic E-state index is -4.81. The lowest BCUT2D eigenvalue weighted by molar-refractivity contribution is -0.142. The second kappa shape index (κ2) is 7.91. The molecule has 0 fully saturated rings. The van der Waals surface area contributed by atoms with Gasteiger partial charge in [-0.3, -0.25) is 4.79 Å². The van der Waals surface area contributed by atoms with Gasteiger partial charge in [-0.2, -0.15) is 18.3 Å². The Hall–Kier alpha value is -4.02. The highest BCUT2D eigenvalue weighted by Crippen LogP contribution is 2.33. The summed E-state index contributed by atoms with van der Waals surface area (Å²) >= 11 is 0. The van der Waals surface area contributed by atoms with E-state index in [1.165, 1.54) is 19.2 Å². The van der Waals surface area contributed by atoms with E-state index in [9.17, 15) is 26.7 Å². The maximum Gasteiger partial charge on any atom is 0.433 e. The van der Waals surface area contributed by atoms with Crippen molar-refractivity contribution >= 4 is 17.2 Å². The average molecular weight is 448 g/mol. The zero-order valence-electron chi connectivity index (χ0n) is 16.2. The topological polar surface area (TPSA) is 68.5 Å². The average Bonchev–Trinajstić information content (AvgIpc) is 3.18. The largest absolute Gasteiger partial charge is 0.497 e. The summed E-state index contributed by atoms with van der Waals surface area (Å²) in [6, 6.07) is 9.49. The van der Waals surface area contributed by atoms with E-state index in [-0.39, 0.29) is 16.9 Å². The monoisotopic (exact) mass is 448 g/mol. The number of anilines is 1. The Kier molecular flexibility index (Phi) is 5.25. The molecular weight excluding hydrogens is 435 g/mol. The molecule has 0 atom stereocenters. The Bertz CT molecular complexity index is 1330. The first kappa shape index (κ1) is 21.2. The Labute approximate surface area is 177 Å². The molecule has 0 bridgehead atoms. The number of nitrogens with zero attached hydrogens (tertiary/aromatic N) is 3. The molecule has 2 aromatic carbocycles. The second-order valence-electron chi connectivity index (χ2n) is 6.63. The Morgan fingerprint density at radius 3 is 2.56 bits per heavy atom. The molecule has 11 heteroatoms. The van der Waals surface area contributed by atoms with Gasteiger partial charge in [0.25, 0.3) is 5.91 Å².